The normalized spacial score (nSPS) is 13.1. The Kier molecular flexibility index (Phi) is 6.65. The van der Waals surface area contributed by atoms with E-state index in [2.05, 4.69) is 10.3 Å². The van der Waals surface area contributed by atoms with E-state index in [1.807, 2.05) is 49.4 Å². The lowest BCUT2D eigenvalue weighted by molar-refractivity contribution is -0.119. The van der Waals surface area contributed by atoms with E-state index in [-0.39, 0.29) is 23.5 Å². The Hall–Kier alpha value is -2.44. The zero-order valence-electron chi connectivity index (χ0n) is 15.6. The lowest BCUT2D eigenvalue weighted by Gasteiger charge is -2.13. The molecule has 146 valence electrons. The molecule has 0 aliphatic carbocycles. The summed E-state index contributed by atoms with van der Waals surface area (Å²) in [6.45, 7) is 3.67. The number of rotatable bonds is 7. The average Bonchev–Trinajstić information content (AvgIpc) is 3.03. The number of aryl methyl sites for hydroxylation is 1. The van der Waals surface area contributed by atoms with Gasteiger partial charge in [-0.05, 0) is 43.7 Å². The lowest BCUT2D eigenvalue weighted by Crippen LogP contribution is -2.31. The van der Waals surface area contributed by atoms with Crippen molar-refractivity contribution in [3.05, 3.63) is 76.6 Å². The fraction of sp³-hybridized carbons (Fsp3) is 0.238. The Morgan fingerprint density at radius 3 is 2.54 bits per heavy atom. The van der Waals surface area contributed by atoms with Crippen LogP contribution in [-0.4, -0.2) is 20.9 Å². The summed E-state index contributed by atoms with van der Waals surface area (Å²) >= 11 is 5.90. The molecule has 7 heteroatoms. The van der Waals surface area contributed by atoms with Gasteiger partial charge in [0.2, 0.25) is 11.8 Å². The molecule has 28 heavy (non-hydrogen) atoms. The number of halogens is 1. The molecule has 1 N–H and O–H groups in total. The molecule has 3 aromatic rings. The van der Waals surface area contributed by atoms with Gasteiger partial charge in [0, 0.05) is 21.4 Å². The van der Waals surface area contributed by atoms with Crippen LogP contribution in [0.4, 0.5) is 0 Å². The predicted molar refractivity (Wildman–Crippen MR) is 111 cm³/mol. The van der Waals surface area contributed by atoms with E-state index < -0.39 is 10.8 Å². The Bertz CT molecular complexity index is 971. The maximum absolute atomic E-state index is 12.4. The first kappa shape index (κ1) is 20.3. The second-order valence-electron chi connectivity index (χ2n) is 6.46. The van der Waals surface area contributed by atoms with Gasteiger partial charge in [0.1, 0.15) is 11.5 Å². The van der Waals surface area contributed by atoms with Crippen LogP contribution in [0.5, 0.6) is 0 Å². The molecule has 0 spiro atoms. The van der Waals surface area contributed by atoms with Crippen molar-refractivity contribution in [3.8, 4) is 11.5 Å². The molecule has 0 aliphatic heterocycles. The Morgan fingerprint density at radius 2 is 1.86 bits per heavy atom. The molecular formula is C21H21ClN2O3S. The van der Waals surface area contributed by atoms with Crippen molar-refractivity contribution in [1.82, 2.24) is 10.3 Å². The van der Waals surface area contributed by atoms with Crippen LogP contribution in [0, 0.1) is 6.92 Å². The molecule has 0 aliphatic rings. The maximum Gasteiger partial charge on any atom is 0.233 e. The fourth-order valence-electron chi connectivity index (χ4n) is 2.74. The zero-order valence-corrected chi connectivity index (χ0v) is 17.2. The van der Waals surface area contributed by atoms with Crippen molar-refractivity contribution in [1.29, 1.82) is 0 Å². The van der Waals surface area contributed by atoms with Gasteiger partial charge in [-0.15, -0.1) is 0 Å². The van der Waals surface area contributed by atoms with Gasteiger partial charge in [-0.1, -0.05) is 41.9 Å². The summed E-state index contributed by atoms with van der Waals surface area (Å²) in [7, 11) is -1.39. The van der Waals surface area contributed by atoms with Crippen molar-refractivity contribution < 1.29 is 13.4 Å². The molecule has 3 rings (SSSR count). The highest BCUT2D eigenvalue weighted by atomic mass is 35.5. The molecule has 2 aromatic carbocycles. The van der Waals surface area contributed by atoms with Gasteiger partial charge in [0.15, 0.2) is 0 Å². The summed E-state index contributed by atoms with van der Waals surface area (Å²) in [6.07, 6.45) is 0. The number of hydrogen-bond acceptors (Lipinski definition) is 4. The summed E-state index contributed by atoms with van der Waals surface area (Å²) in [6, 6.07) is 16.6. The molecule has 0 bridgehead atoms. The van der Waals surface area contributed by atoms with Crippen LogP contribution < -0.4 is 5.32 Å². The van der Waals surface area contributed by atoms with Gasteiger partial charge < -0.3 is 9.73 Å². The van der Waals surface area contributed by atoms with E-state index in [0.717, 1.165) is 11.1 Å². The number of amides is 1. The predicted octanol–water partition coefficient (Wildman–Crippen LogP) is 4.43. The molecule has 5 nitrogen and oxygen atoms in total. The smallest absolute Gasteiger partial charge is 0.233 e. The number of carbonyl (C=O) groups excluding carboxylic acids is 1. The highest BCUT2D eigenvalue weighted by Gasteiger charge is 2.17. The summed E-state index contributed by atoms with van der Waals surface area (Å²) in [5, 5.41) is 3.50. The highest BCUT2D eigenvalue weighted by Crippen LogP contribution is 2.24. The third-order valence-corrected chi connectivity index (χ3v) is 5.68. The molecule has 1 aromatic heterocycles. The van der Waals surface area contributed by atoms with Crippen LogP contribution in [0.3, 0.4) is 0 Å². The molecule has 1 heterocycles. The van der Waals surface area contributed by atoms with Gasteiger partial charge >= 0.3 is 0 Å². The highest BCUT2D eigenvalue weighted by molar-refractivity contribution is 7.84. The van der Waals surface area contributed by atoms with Crippen LogP contribution in [0.15, 0.2) is 59.0 Å². The summed E-state index contributed by atoms with van der Waals surface area (Å²) in [5.74, 6) is 0.865. The van der Waals surface area contributed by atoms with E-state index in [4.69, 9.17) is 16.0 Å². The molecule has 0 radical (unpaired) electrons. The molecule has 0 saturated carbocycles. The minimum Gasteiger partial charge on any atom is -0.441 e. The van der Waals surface area contributed by atoms with Crippen LogP contribution >= 0.6 is 11.6 Å². The van der Waals surface area contributed by atoms with Crippen molar-refractivity contribution in [2.75, 3.05) is 5.75 Å². The molecular weight excluding hydrogens is 396 g/mol. The SMILES string of the molecule is Cc1oc(-c2ccc(Cl)cc2)nc1C[S@](=O)CC(=O)N[C@H](C)c1ccccc1. The monoisotopic (exact) mass is 416 g/mol. The number of nitrogens with zero attached hydrogens (tertiary/aromatic N) is 1. The molecule has 1 amide bonds. The summed E-state index contributed by atoms with van der Waals surface area (Å²) in [5.41, 5.74) is 2.38. The first-order chi connectivity index (χ1) is 13.4. The Balaban J connectivity index is 1.59. The van der Waals surface area contributed by atoms with E-state index in [1.54, 1.807) is 19.1 Å². The van der Waals surface area contributed by atoms with Crippen LogP contribution in [0.1, 0.15) is 30.0 Å². The third kappa shape index (κ3) is 5.30. The summed E-state index contributed by atoms with van der Waals surface area (Å²) in [4.78, 5) is 16.6. The Morgan fingerprint density at radius 1 is 1.18 bits per heavy atom. The topological polar surface area (TPSA) is 72.2 Å². The van der Waals surface area contributed by atoms with Gasteiger partial charge in [0.25, 0.3) is 0 Å². The van der Waals surface area contributed by atoms with Gasteiger partial charge in [-0.25, -0.2) is 4.98 Å². The van der Waals surface area contributed by atoms with E-state index >= 15 is 0 Å². The second-order valence-corrected chi connectivity index (χ2v) is 8.35. The number of carbonyl (C=O) groups is 1. The lowest BCUT2D eigenvalue weighted by atomic mass is 10.1. The maximum atomic E-state index is 12.4. The van der Waals surface area contributed by atoms with Gasteiger partial charge in [-0.3, -0.25) is 9.00 Å². The summed E-state index contributed by atoms with van der Waals surface area (Å²) < 4.78 is 18.1. The Labute approximate surface area is 171 Å². The van der Waals surface area contributed by atoms with Crippen molar-refractivity contribution in [3.63, 3.8) is 0 Å². The largest absolute Gasteiger partial charge is 0.441 e. The van der Waals surface area contributed by atoms with E-state index in [1.165, 1.54) is 0 Å². The van der Waals surface area contributed by atoms with Crippen molar-refractivity contribution in [2.45, 2.75) is 25.6 Å². The standard InChI is InChI=1S/C21H21ClN2O3S/c1-14(16-6-4-3-5-7-16)23-20(25)13-28(26)12-19-15(2)27-21(24-19)17-8-10-18(22)11-9-17/h3-11,14H,12-13H2,1-2H3,(H,23,25)/t14-,28+/m1/s1. The van der Waals surface area contributed by atoms with Crippen LogP contribution in [0.25, 0.3) is 11.5 Å². The van der Waals surface area contributed by atoms with Crippen LogP contribution in [-0.2, 0) is 21.3 Å². The van der Waals surface area contributed by atoms with E-state index in [0.29, 0.717) is 22.4 Å². The molecule has 0 unspecified atom stereocenters. The van der Waals surface area contributed by atoms with E-state index in [9.17, 15) is 9.00 Å². The van der Waals surface area contributed by atoms with Gasteiger partial charge in [0.05, 0.1) is 17.5 Å². The first-order valence-corrected chi connectivity index (χ1v) is 10.7. The number of oxazole rings is 1. The second kappa shape index (κ2) is 9.17. The van der Waals surface area contributed by atoms with Crippen molar-refractivity contribution >= 4 is 28.3 Å². The minimum absolute atomic E-state index is 0.0836. The fourth-order valence-corrected chi connectivity index (χ4v) is 3.91. The minimum atomic E-state index is -1.39. The van der Waals surface area contributed by atoms with Crippen LogP contribution in [0.2, 0.25) is 5.02 Å². The van der Waals surface area contributed by atoms with Gasteiger partial charge in [-0.2, -0.15) is 0 Å². The quantitative estimate of drug-likeness (QED) is 0.618. The third-order valence-electron chi connectivity index (χ3n) is 4.25. The number of benzene rings is 2. The number of hydrogen-bond donors (Lipinski definition) is 1. The average molecular weight is 417 g/mol. The zero-order chi connectivity index (χ0) is 20.1. The first-order valence-electron chi connectivity index (χ1n) is 8.84. The molecule has 0 saturated heterocycles. The molecule has 0 fully saturated rings. The number of aromatic nitrogens is 1. The number of nitrogens with one attached hydrogen (secondary N) is 1. The van der Waals surface area contributed by atoms with Crippen molar-refractivity contribution in [2.24, 2.45) is 0 Å². The molecule has 2 atom stereocenters.